The first-order valence-electron chi connectivity index (χ1n) is 9.65. The van der Waals surface area contributed by atoms with Crippen molar-refractivity contribution in [1.82, 2.24) is 10.2 Å². The number of hydrogen-bond donors (Lipinski definition) is 3. The molecule has 0 spiro atoms. The molecule has 160 valence electrons. The monoisotopic (exact) mass is 423 g/mol. The van der Waals surface area contributed by atoms with Gasteiger partial charge in [-0.05, 0) is 37.7 Å². The first-order valence-corrected chi connectivity index (χ1v) is 9.65. The van der Waals surface area contributed by atoms with Crippen molar-refractivity contribution >= 4 is 36.5 Å². The molecule has 9 heteroatoms. The Morgan fingerprint density at radius 1 is 1.28 bits per heavy atom. The van der Waals surface area contributed by atoms with E-state index < -0.39 is 12.1 Å². The molecule has 2 rings (SSSR count). The van der Waals surface area contributed by atoms with Gasteiger partial charge < -0.3 is 26.5 Å². The molecule has 2 atom stereocenters. The maximum atomic E-state index is 12.6. The van der Waals surface area contributed by atoms with Crippen molar-refractivity contribution in [2.24, 2.45) is 16.5 Å². The number of aryl methyl sites for hydroxylation is 1. The topological polar surface area (TPSA) is 131 Å². The molecule has 1 aliphatic heterocycles. The van der Waals surface area contributed by atoms with Crippen LogP contribution in [0.3, 0.4) is 0 Å². The zero-order valence-corrected chi connectivity index (χ0v) is 17.3. The molecule has 29 heavy (non-hydrogen) atoms. The predicted octanol–water partition coefficient (Wildman–Crippen LogP) is 0.769. The number of nitrogens with two attached hydrogens (primary N) is 2. The number of guanidine groups is 1. The maximum Gasteiger partial charge on any atom is 0.243 e. The maximum absolute atomic E-state index is 12.6. The Bertz CT molecular complexity index is 695. The van der Waals surface area contributed by atoms with Gasteiger partial charge in [0.1, 0.15) is 12.3 Å². The molecule has 0 saturated carbocycles. The highest BCUT2D eigenvalue weighted by Gasteiger charge is 2.34. The zero-order chi connectivity index (χ0) is 20.4. The summed E-state index contributed by atoms with van der Waals surface area (Å²) in [6, 6.07) is 8.67. The highest BCUT2D eigenvalue weighted by molar-refractivity contribution is 5.89. The van der Waals surface area contributed by atoms with E-state index in [1.54, 1.807) is 4.90 Å². The van der Waals surface area contributed by atoms with Crippen LogP contribution in [-0.4, -0.2) is 54.1 Å². The minimum absolute atomic E-state index is 0. The summed E-state index contributed by atoms with van der Waals surface area (Å²) >= 11 is 0. The highest BCUT2D eigenvalue weighted by Crippen LogP contribution is 2.19. The van der Waals surface area contributed by atoms with Crippen LogP contribution in [0.5, 0.6) is 0 Å². The van der Waals surface area contributed by atoms with Gasteiger partial charge in [-0.2, -0.15) is 0 Å². The SMILES string of the molecule is Cl.NC(N)=NCCC[C@@H](C=O)NC(=O)[C@@H]1CCCN1C(=O)CCc1ccccc1. The van der Waals surface area contributed by atoms with Crippen molar-refractivity contribution in [3.05, 3.63) is 35.9 Å². The summed E-state index contributed by atoms with van der Waals surface area (Å²) in [5.74, 6) is -0.302. The number of nitrogens with one attached hydrogen (secondary N) is 1. The average Bonchev–Trinajstić information content (AvgIpc) is 3.19. The third kappa shape index (κ3) is 8.11. The van der Waals surface area contributed by atoms with Gasteiger partial charge in [0.25, 0.3) is 0 Å². The summed E-state index contributed by atoms with van der Waals surface area (Å²) in [4.78, 5) is 42.0. The van der Waals surface area contributed by atoms with Crippen LogP contribution in [0.4, 0.5) is 0 Å². The Morgan fingerprint density at radius 2 is 2.00 bits per heavy atom. The molecule has 0 unspecified atom stereocenters. The van der Waals surface area contributed by atoms with Gasteiger partial charge in [-0.25, -0.2) is 0 Å². The molecule has 1 aromatic rings. The average molecular weight is 424 g/mol. The van der Waals surface area contributed by atoms with Crippen LogP contribution in [0.1, 0.15) is 37.7 Å². The van der Waals surface area contributed by atoms with Crippen LogP contribution in [0.25, 0.3) is 0 Å². The van der Waals surface area contributed by atoms with E-state index in [0.29, 0.717) is 51.5 Å². The molecule has 1 saturated heterocycles. The molecule has 1 aliphatic rings. The fraction of sp³-hybridized carbons (Fsp3) is 0.500. The molecule has 0 radical (unpaired) electrons. The molecule has 1 fully saturated rings. The van der Waals surface area contributed by atoms with E-state index in [4.69, 9.17) is 11.5 Å². The van der Waals surface area contributed by atoms with Crippen molar-refractivity contribution in [3.63, 3.8) is 0 Å². The van der Waals surface area contributed by atoms with Gasteiger partial charge in [0.15, 0.2) is 5.96 Å². The third-order valence-corrected chi connectivity index (χ3v) is 4.81. The summed E-state index contributed by atoms with van der Waals surface area (Å²) < 4.78 is 0. The quantitative estimate of drug-likeness (QED) is 0.221. The largest absolute Gasteiger partial charge is 0.370 e. The van der Waals surface area contributed by atoms with Crippen LogP contribution in [0.15, 0.2) is 35.3 Å². The van der Waals surface area contributed by atoms with Crippen LogP contribution in [0.2, 0.25) is 0 Å². The fourth-order valence-electron chi connectivity index (χ4n) is 3.35. The number of nitrogens with zero attached hydrogens (tertiary/aromatic N) is 2. The van der Waals surface area contributed by atoms with E-state index in [0.717, 1.165) is 12.0 Å². The van der Waals surface area contributed by atoms with E-state index in [9.17, 15) is 14.4 Å². The second-order valence-corrected chi connectivity index (χ2v) is 6.93. The Labute approximate surface area is 177 Å². The van der Waals surface area contributed by atoms with Crippen LogP contribution < -0.4 is 16.8 Å². The van der Waals surface area contributed by atoms with Crippen molar-refractivity contribution in [2.45, 2.75) is 50.6 Å². The van der Waals surface area contributed by atoms with Crippen molar-refractivity contribution in [3.8, 4) is 0 Å². The van der Waals surface area contributed by atoms with E-state index in [1.165, 1.54) is 0 Å². The van der Waals surface area contributed by atoms with Crippen molar-refractivity contribution in [2.75, 3.05) is 13.1 Å². The van der Waals surface area contributed by atoms with Crippen LogP contribution >= 0.6 is 12.4 Å². The summed E-state index contributed by atoms with van der Waals surface area (Å²) in [5.41, 5.74) is 11.6. The van der Waals surface area contributed by atoms with Gasteiger partial charge >= 0.3 is 0 Å². The first kappa shape index (κ1) is 24.4. The van der Waals surface area contributed by atoms with Crippen LogP contribution in [-0.2, 0) is 20.8 Å². The van der Waals surface area contributed by atoms with Crippen LogP contribution in [0, 0.1) is 0 Å². The normalized spacial score (nSPS) is 16.4. The van der Waals surface area contributed by atoms with E-state index >= 15 is 0 Å². The lowest BCUT2D eigenvalue weighted by molar-refractivity contribution is -0.139. The number of likely N-dealkylation sites (tertiary alicyclic amines) is 1. The second-order valence-electron chi connectivity index (χ2n) is 6.93. The molecule has 0 aliphatic carbocycles. The number of carbonyl (C=O) groups is 3. The molecule has 8 nitrogen and oxygen atoms in total. The van der Waals surface area contributed by atoms with Gasteiger partial charge in [-0.3, -0.25) is 14.6 Å². The highest BCUT2D eigenvalue weighted by atomic mass is 35.5. The molecule has 0 aromatic heterocycles. The summed E-state index contributed by atoms with van der Waals surface area (Å²) in [6.45, 7) is 0.970. The molecule has 1 aromatic carbocycles. The number of aliphatic imine (C=N–C) groups is 1. The first-order chi connectivity index (χ1) is 13.5. The molecule has 0 bridgehead atoms. The molecule has 2 amide bonds. The Morgan fingerprint density at radius 3 is 2.66 bits per heavy atom. The Balaban J connectivity index is 0.00000420. The summed E-state index contributed by atoms with van der Waals surface area (Å²) in [6.07, 6.45) is 4.14. The Hall–Kier alpha value is -2.61. The van der Waals surface area contributed by atoms with Gasteiger partial charge in [-0.1, -0.05) is 30.3 Å². The number of carbonyl (C=O) groups excluding carboxylic acids is 3. The van der Waals surface area contributed by atoms with Gasteiger partial charge in [-0.15, -0.1) is 12.4 Å². The lowest BCUT2D eigenvalue weighted by Crippen LogP contribution is -2.49. The lowest BCUT2D eigenvalue weighted by atomic mass is 10.1. The smallest absolute Gasteiger partial charge is 0.243 e. The van der Waals surface area contributed by atoms with E-state index in [2.05, 4.69) is 10.3 Å². The van der Waals surface area contributed by atoms with Crippen molar-refractivity contribution < 1.29 is 14.4 Å². The lowest BCUT2D eigenvalue weighted by Gasteiger charge is -2.25. The number of hydrogen-bond acceptors (Lipinski definition) is 4. The number of aldehydes is 1. The van der Waals surface area contributed by atoms with Gasteiger partial charge in [0.2, 0.25) is 11.8 Å². The van der Waals surface area contributed by atoms with E-state index in [-0.39, 0.29) is 30.2 Å². The van der Waals surface area contributed by atoms with E-state index in [1.807, 2.05) is 30.3 Å². The minimum Gasteiger partial charge on any atom is -0.370 e. The Kier molecular flexibility index (Phi) is 10.8. The number of rotatable bonds is 10. The minimum atomic E-state index is -0.608. The number of amides is 2. The molecular formula is C20H30ClN5O3. The summed E-state index contributed by atoms with van der Waals surface area (Å²) in [5, 5.41) is 2.74. The van der Waals surface area contributed by atoms with Crippen molar-refractivity contribution in [1.29, 1.82) is 0 Å². The second kappa shape index (κ2) is 12.8. The van der Waals surface area contributed by atoms with Gasteiger partial charge in [0.05, 0.1) is 6.04 Å². The molecule has 1 heterocycles. The number of benzene rings is 1. The number of halogens is 1. The summed E-state index contributed by atoms with van der Waals surface area (Å²) in [7, 11) is 0. The zero-order valence-electron chi connectivity index (χ0n) is 16.5. The molecular weight excluding hydrogens is 394 g/mol. The third-order valence-electron chi connectivity index (χ3n) is 4.81. The predicted molar refractivity (Wildman–Crippen MR) is 115 cm³/mol. The molecule has 5 N–H and O–H groups in total. The standard InChI is InChI=1S/C20H29N5O3.ClH/c21-20(22)23-12-4-8-16(14-26)24-19(28)17-9-5-13-25(17)18(27)11-10-15-6-2-1-3-7-15;/h1-3,6-7,14,16-17H,4-5,8-13H2,(H,24,28)(H4,21,22,23);1H/t16-,17-;/m0./s1. The van der Waals surface area contributed by atoms with Gasteiger partial charge in [0, 0.05) is 19.5 Å². The fourth-order valence-corrected chi connectivity index (χ4v) is 3.35.